The fourth-order valence-corrected chi connectivity index (χ4v) is 2.17. The van der Waals surface area contributed by atoms with Crippen molar-refractivity contribution in [1.82, 2.24) is 0 Å². The molecule has 0 radical (unpaired) electrons. The molecule has 2 atom stereocenters. The Morgan fingerprint density at radius 2 is 2.06 bits per heavy atom. The topological polar surface area (TPSA) is 30.9 Å². The number of anilines is 1. The van der Waals surface area contributed by atoms with Crippen LogP contribution in [0.5, 0.6) is 0 Å². The molecule has 4 nitrogen and oxygen atoms in total. The summed E-state index contributed by atoms with van der Waals surface area (Å²) < 4.78 is 5.11. The van der Waals surface area contributed by atoms with Crippen LogP contribution in [-0.2, 0) is 14.5 Å². The second kappa shape index (κ2) is 3.59. The SMILES string of the molecule is CO[C@H]1C=C2c3ccccc3N(C)[C@@H]2OO1. The van der Waals surface area contributed by atoms with E-state index in [1.165, 1.54) is 5.56 Å². The van der Waals surface area contributed by atoms with Crippen molar-refractivity contribution in [3.8, 4) is 0 Å². The van der Waals surface area contributed by atoms with Gasteiger partial charge in [-0.1, -0.05) is 18.2 Å². The molecule has 0 spiro atoms. The predicted octanol–water partition coefficient (Wildman–Crippen LogP) is 1.78. The summed E-state index contributed by atoms with van der Waals surface area (Å²) in [5.41, 5.74) is 3.44. The second-order valence-electron chi connectivity index (χ2n) is 3.90. The van der Waals surface area contributed by atoms with E-state index in [2.05, 4.69) is 12.1 Å². The van der Waals surface area contributed by atoms with Gasteiger partial charge in [0.15, 0.2) is 6.23 Å². The lowest BCUT2D eigenvalue weighted by Gasteiger charge is -2.27. The molecule has 1 aromatic rings. The standard InChI is InChI=1S/C12H13NO3/c1-13-10-6-4-3-5-8(10)9-7-11(14-2)15-16-12(9)13/h3-7,11-12H,1-2H3/t11-,12-/m1/s1. The van der Waals surface area contributed by atoms with Gasteiger partial charge in [0.25, 0.3) is 0 Å². The third-order valence-electron chi connectivity index (χ3n) is 3.00. The Balaban J connectivity index is 2.09. The van der Waals surface area contributed by atoms with Gasteiger partial charge < -0.3 is 9.64 Å². The molecule has 0 bridgehead atoms. The van der Waals surface area contributed by atoms with Crippen molar-refractivity contribution in [2.45, 2.75) is 12.5 Å². The summed E-state index contributed by atoms with van der Waals surface area (Å²) in [6.07, 6.45) is 1.37. The molecule has 1 aromatic carbocycles. The minimum absolute atomic E-state index is 0.163. The number of benzene rings is 1. The first-order valence-corrected chi connectivity index (χ1v) is 5.20. The van der Waals surface area contributed by atoms with Gasteiger partial charge in [-0.15, -0.1) is 0 Å². The van der Waals surface area contributed by atoms with Gasteiger partial charge >= 0.3 is 0 Å². The molecule has 0 N–H and O–H groups in total. The van der Waals surface area contributed by atoms with E-state index in [0.717, 1.165) is 11.3 Å². The highest BCUT2D eigenvalue weighted by Gasteiger charge is 2.36. The van der Waals surface area contributed by atoms with Crippen molar-refractivity contribution >= 4 is 11.3 Å². The Hall–Kier alpha value is -1.36. The number of rotatable bonds is 1. The highest BCUT2D eigenvalue weighted by Crippen LogP contribution is 2.41. The van der Waals surface area contributed by atoms with Crippen LogP contribution in [0.15, 0.2) is 30.3 Å². The summed E-state index contributed by atoms with van der Waals surface area (Å²) >= 11 is 0. The van der Waals surface area contributed by atoms with Crippen LogP contribution in [-0.4, -0.2) is 26.7 Å². The van der Waals surface area contributed by atoms with E-state index in [1.54, 1.807) is 7.11 Å². The normalized spacial score (nSPS) is 27.4. The summed E-state index contributed by atoms with van der Waals surface area (Å²) in [6, 6.07) is 8.19. The minimum Gasteiger partial charge on any atom is -0.350 e. The zero-order valence-corrected chi connectivity index (χ0v) is 9.21. The number of ether oxygens (including phenoxy) is 1. The monoisotopic (exact) mass is 219 g/mol. The maximum atomic E-state index is 5.33. The summed E-state index contributed by atoms with van der Waals surface area (Å²) in [5.74, 6) is 0. The maximum absolute atomic E-state index is 5.33. The van der Waals surface area contributed by atoms with Gasteiger partial charge in [0.05, 0.1) is 0 Å². The summed E-state index contributed by atoms with van der Waals surface area (Å²) in [7, 11) is 3.58. The van der Waals surface area contributed by atoms with E-state index in [1.807, 2.05) is 30.2 Å². The van der Waals surface area contributed by atoms with Crippen LogP contribution in [0, 0.1) is 0 Å². The number of nitrogens with zero attached hydrogens (tertiary/aromatic N) is 1. The van der Waals surface area contributed by atoms with Crippen molar-refractivity contribution in [1.29, 1.82) is 0 Å². The van der Waals surface area contributed by atoms with Crippen molar-refractivity contribution in [3.05, 3.63) is 35.9 Å². The molecule has 84 valence electrons. The molecule has 0 saturated heterocycles. The number of fused-ring (bicyclic) bond motifs is 3. The predicted molar refractivity (Wildman–Crippen MR) is 59.6 cm³/mol. The van der Waals surface area contributed by atoms with E-state index in [9.17, 15) is 0 Å². The van der Waals surface area contributed by atoms with E-state index in [0.29, 0.717) is 0 Å². The molecule has 3 rings (SSSR count). The van der Waals surface area contributed by atoms with Crippen LogP contribution in [0.1, 0.15) is 5.56 Å². The van der Waals surface area contributed by atoms with Gasteiger partial charge in [0.2, 0.25) is 6.29 Å². The molecule has 2 aliphatic rings. The van der Waals surface area contributed by atoms with Crippen LogP contribution in [0.2, 0.25) is 0 Å². The van der Waals surface area contributed by atoms with Crippen molar-refractivity contribution in [2.24, 2.45) is 0 Å². The summed E-state index contributed by atoms with van der Waals surface area (Å²) in [5, 5.41) is 0. The van der Waals surface area contributed by atoms with E-state index in [4.69, 9.17) is 14.5 Å². The van der Waals surface area contributed by atoms with Gasteiger partial charge in [-0.2, -0.15) is 4.89 Å². The number of methoxy groups -OCH3 is 1. The molecule has 4 heteroatoms. The molecule has 2 aliphatic heterocycles. The first-order valence-electron chi connectivity index (χ1n) is 5.20. The first-order chi connectivity index (χ1) is 7.81. The number of likely N-dealkylation sites (N-methyl/N-ethyl adjacent to an activating group) is 1. The smallest absolute Gasteiger partial charge is 0.211 e. The molecule has 0 unspecified atom stereocenters. The molecule has 0 amide bonds. The largest absolute Gasteiger partial charge is 0.350 e. The lowest BCUT2D eigenvalue weighted by atomic mass is 10.1. The molecule has 2 heterocycles. The quantitative estimate of drug-likeness (QED) is 0.674. The Morgan fingerprint density at radius 3 is 2.88 bits per heavy atom. The molecule has 0 aliphatic carbocycles. The Labute approximate surface area is 93.9 Å². The molecule has 16 heavy (non-hydrogen) atoms. The Kier molecular flexibility index (Phi) is 2.21. The fourth-order valence-electron chi connectivity index (χ4n) is 2.17. The third kappa shape index (κ3) is 1.28. The summed E-state index contributed by atoms with van der Waals surface area (Å²) in [6.45, 7) is 0. The highest BCUT2D eigenvalue weighted by molar-refractivity contribution is 5.86. The van der Waals surface area contributed by atoms with Gasteiger partial charge in [0.1, 0.15) is 0 Å². The highest BCUT2D eigenvalue weighted by atomic mass is 17.2. The number of para-hydroxylation sites is 1. The number of hydrogen-bond acceptors (Lipinski definition) is 4. The molecular formula is C12H13NO3. The Bertz CT molecular complexity index is 444. The van der Waals surface area contributed by atoms with Gasteiger partial charge in [-0.25, -0.2) is 4.89 Å². The number of hydrogen-bond donors (Lipinski definition) is 0. The molecule has 0 saturated carbocycles. The van der Waals surface area contributed by atoms with E-state index >= 15 is 0 Å². The average Bonchev–Trinajstić information content (AvgIpc) is 2.64. The third-order valence-corrected chi connectivity index (χ3v) is 3.00. The average molecular weight is 219 g/mol. The first kappa shape index (κ1) is 9.84. The summed E-state index contributed by atoms with van der Waals surface area (Å²) in [4.78, 5) is 12.5. The zero-order valence-electron chi connectivity index (χ0n) is 9.21. The van der Waals surface area contributed by atoms with Gasteiger partial charge in [-0.05, 0) is 12.1 Å². The van der Waals surface area contributed by atoms with Gasteiger partial charge in [0, 0.05) is 31.0 Å². The lowest BCUT2D eigenvalue weighted by molar-refractivity contribution is -0.378. The van der Waals surface area contributed by atoms with Crippen LogP contribution in [0.3, 0.4) is 0 Å². The van der Waals surface area contributed by atoms with Crippen LogP contribution in [0.4, 0.5) is 5.69 Å². The second-order valence-corrected chi connectivity index (χ2v) is 3.90. The van der Waals surface area contributed by atoms with Crippen molar-refractivity contribution in [2.75, 3.05) is 19.1 Å². The van der Waals surface area contributed by atoms with Crippen molar-refractivity contribution < 1.29 is 14.5 Å². The lowest BCUT2D eigenvalue weighted by Crippen LogP contribution is -2.35. The Morgan fingerprint density at radius 1 is 1.25 bits per heavy atom. The van der Waals surface area contributed by atoms with Gasteiger partial charge in [-0.3, -0.25) is 0 Å². The maximum Gasteiger partial charge on any atom is 0.211 e. The van der Waals surface area contributed by atoms with Crippen LogP contribution in [0.25, 0.3) is 5.57 Å². The molecule has 0 fully saturated rings. The zero-order chi connectivity index (χ0) is 11.1. The van der Waals surface area contributed by atoms with E-state index < -0.39 is 6.29 Å². The fraction of sp³-hybridized carbons (Fsp3) is 0.333. The van der Waals surface area contributed by atoms with Crippen LogP contribution < -0.4 is 4.90 Å². The molecule has 0 aromatic heterocycles. The van der Waals surface area contributed by atoms with Crippen LogP contribution >= 0.6 is 0 Å². The minimum atomic E-state index is -0.425. The van der Waals surface area contributed by atoms with E-state index in [-0.39, 0.29) is 6.23 Å². The van der Waals surface area contributed by atoms with Crippen molar-refractivity contribution in [3.63, 3.8) is 0 Å². The molecular weight excluding hydrogens is 206 g/mol.